The van der Waals surface area contributed by atoms with Gasteiger partial charge < -0.3 is 4.74 Å². The zero-order valence-electron chi connectivity index (χ0n) is 16.0. The molecule has 1 aromatic heterocycles. The highest BCUT2D eigenvalue weighted by molar-refractivity contribution is 7.71. The molecule has 2 aromatic carbocycles. The largest absolute Gasteiger partial charge is 0.373 e. The molecule has 5 nitrogen and oxygen atoms in total. The van der Waals surface area contributed by atoms with Crippen LogP contribution >= 0.6 is 12.2 Å². The van der Waals surface area contributed by atoms with Gasteiger partial charge in [0.25, 0.3) is 0 Å². The van der Waals surface area contributed by atoms with E-state index < -0.39 is 0 Å². The van der Waals surface area contributed by atoms with Crippen LogP contribution in [0.4, 0.5) is 4.39 Å². The molecule has 1 saturated heterocycles. The Morgan fingerprint density at radius 2 is 1.68 bits per heavy atom. The Hall–Kier alpha value is -2.35. The molecule has 1 aliphatic heterocycles. The summed E-state index contributed by atoms with van der Waals surface area (Å²) in [6, 6.07) is 16.2. The number of ether oxygens (including phenoxy) is 1. The number of hydrogen-bond acceptors (Lipinski definition) is 4. The van der Waals surface area contributed by atoms with Crippen LogP contribution in [0.1, 0.15) is 13.8 Å². The SMILES string of the molecule is C[C@@H]1CN(Cn2nc(-c3ccccc3)n(-c3ccc(F)cc3)c2=S)C[C@H](C)O1. The highest BCUT2D eigenvalue weighted by Crippen LogP contribution is 2.23. The average Bonchev–Trinajstić information content (AvgIpc) is 2.99. The van der Waals surface area contributed by atoms with Crippen LogP contribution in [0.15, 0.2) is 54.6 Å². The maximum absolute atomic E-state index is 13.4. The summed E-state index contributed by atoms with van der Waals surface area (Å²) in [5.41, 5.74) is 1.75. The summed E-state index contributed by atoms with van der Waals surface area (Å²) in [6.07, 6.45) is 0.344. The summed E-state index contributed by atoms with van der Waals surface area (Å²) in [5, 5.41) is 4.82. The zero-order chi connectivity index (χ0) is 19.7. The number of nitrogens with zero attached hydrogens (tertiary/aromatic N) is 4. The van der Waals surface area contributed by atoms with Crippen LogP contribution in [-0.2, 0) is 11.4 Å². The summed E-state index contributed by atoms with van der Waals surface area (Å²) >= 11 is 5.77. The first-order valence-electron chi connectivity index (χ1n) is 9.40. The number of aromatic nitrogens is 3. The van der Waals surface area contributed by atoms with Gasteiger partial charge in [-0.1, -0.05) is 30.3 Å². The van der Waals surface area contributed by atoms with Gasteiger partial charge in [0.1, 0.15) is 5.82 Å². The fourth-order valence-electron chi connectivity index (χ4n) is 3.69. The Morgan fingerprint density at radius 3 is 2.32 bits per heavy atom. The van der Waals surface area contributed by atoms with E-state index in [0.29, 0.717) is 11.4 Å². The Kier molecular flexibility index (Phi) is 5.39. The van der Waals surface area contributed by atoms with Crippen LogP contribution in [0, 0.1) is 10.6 Å². The van der Waals surface area contributed by atoms with Gasteiger partial charge in [0, 0.05) is 18.7 Å². The number of hydrogen-bond donors (Lipinski definition) is 0. The summed E-state index contributed by atoms with van der Waals surface area (Å²) in [5.74, 6) is 0.465. The second-order valence-electron chi connectivity index (χ2n) is 7.22. The average molecular weight is 399 g/mol. The normalized spacial score (nSPS) is 20.4. The third-order valence-electron chi connectivity index (χ3n) is 4.79. The smallest absolute Gasteiger partial charge is 0.204 e. The minimum Gasteiger partial charge on any atom is -0.373 e. The maximum Gasteiger partial charge on any atom is 0.204 e. The Morgan fingerprint density at radius 1 is 1.04 bits per heavy atom. The van der Waals surface area contributed by atoms with Crippen LogP contribution < -0.4 is 0 Å². The van der Waals surface area contributed by atoms with Crippen molar-refractivity contribution in [1.82, 2.24) is 19.2 Å². The van der Waals surface area contributed by atoms with Gasteiger partial charge >= 0.3 is 0 Å². The molecule has 0 N–H and O–H groups in total. The van der Waals surface area contributed by atoms with E-state index in [2.05, 4.69) is 18.7 Å². The van der Waals surface area contributed by atoms with Crippen molar-refractivity contribution in [3.8, 4) is 17.1 Å². The molecule has 0 aliphatic carbocycles. The molecule has 7 heteroatoms. The van der Waals surface area contributed by atoms with Gasteiger partial charge in [-0.3, -0.25) is 9.47 Å². The van der Waals surface area contributed by atoms with E-state index in [4.69, 9.17) is 22.1 Å². The summed E-state index contributed by atoms with van der Waals surface area (Å²) in [6.45, 7) is 6.40. The second kappa shape index (κ2) is 7.95. The van der Waals surface area contributed by atoms with Crippen LogP contribution in [0.25, 0.3) is 17.1 Å². The molecular weight excluding hydrogens is 375 g/mol. The van der Waals surface area contributed by atoms with Crippen molar-refractivity contribution in [2.24, 2.45) is 0 Å². The Balaban J connectivity index is 1.76. The highest BCUT2D eigenvalue weighted by atomic mass is 32.1. The third-order valence-corrected chi connectivity index (χ3v) is 5.18. The van der Waals surface area contributed by atoms with Crippen LogP contribution in [0.5, 0.6) is 0 Å². The number of rotatable bonds is 4. The van der Waals surface area contributed by atoms with Crippen LogP contribution in [0.3, 0.4) is 0 Å². The molecule has 3 aromatic rings. The van der Waals surface area contributed by atoms with Crippen molar-refractivity contribution in [3.63, 3.8) is 0 Å². The van der Waals surface area contributed by atoms with Gasteiger partial charge in [-0.15, -0.1) is 5.10 Å². The van der Waals surface area contributed by atoms with Crippen molar-refractivity contribution >= 4 is 12.2 Å². The summed E-state index contributed by atoms with van der Waals surface area (Å²) in [4.78, 5) is 2.30. The van der Waals surface area contributed by atoms with E-state index in [9.17, 15) is 4.39 Å². The quantitative estimate of drug-likeness (QED) is 0.615. The molecule has 2 atom stereocenters. The Labute approximate surface area is 169 Å². The molecule has 1 aliphatic rings. The molecule has 0 amide bonds. The molecular formula is C21H23FN4OS. The van der Waals surface area contributed by atoms with Crippen molar-refractivity contribution in [2.45, 2.75) is 32.7 Å². The maximum atomic E-state index is 13.4. The van der Waals surface area contributed by atoms with Gasteiger partial charge in [-0.25, -0.2) is 9.07 Å². The van der Waals surface area contributed by atoms with Gasteiger partial charge in [-0.2, -0.15) is 0 Å². The fourth-order valence-corrected chi connectivity index (χ4v) is 3.98. The topological polar surface area (TPSA) is 35.2 Å². The molecule has 146 valence electrons. The van der Waals surface area contributed by atoms with E-state index in [1.807, 2.05) is 39.6 Å². The van der Waals surface area contributed by atoms with E-state index in [1.165, 1.54) is 12.1 Å². The predicted octanol–water partition coefficient (Wildman–Crippen LogP) is 4.28. The second-order valence-corrected chi connectivity index (χ2v) is 7.58. The third kappa shape index (κ3) is 3.92. The minimum absolute atomic E-state index is 0.172. The summed E-state index contributed by atoms with van der Waals surface area (Å²) in [7, 11) is 0. The van der Waals surface area contributed by atoms with Crippen LogP contribution in [-0.4, -0.2) is 44.5 Å². The van der Waals surface area contributed by atoms with E-state index in [-0.39, 0.29) is 18.0 Å². The van der Waals surface area contributed by atoms with Crippen molar-refractivity contribution in [2.75, 3.05) is 13.1 Å². The molecule has 0 radical (unpaired) electrons. The lowest BCUT2D eigenvalue weighted by Gasteiger charge is -2.34. The molecule has 0 spiro atoms. The van der Waals surface area contributed by atoms with Gasteiger partial charge in [0.05, 0.1) is 24.6 Å². The minimum atomic E-state index is -0.278. The number of benzene rings is 2. The summed E-state index contributed by atoms with van der Waals surface area (Å²) < 4.78 is 23.6. The first-order chi connectivity index (χ1) is 13.5. The lowest BCUT2D eigenvalue weighted by Crippen LogP contribution is -2.46. The molecule has 28 heavy (non-hydrogen) atoms. The Bertz CT molecular complexity index is 989. The molecule has 1 fully saturated rings. The monoisotopic (exact) mass is 398 g/mol. The lowest BCUT2D eigenvalue weighted by atomic mass is 10.2. The lowest BCUT2D eigenvalue weighted by molar-refractivity contribution is -0.0777. The predicted molar refractivity (Wildman–Crippen MR) is 109 cm³/mol. The van der Waals surface area contributed by atoms with Crippen molar-refractivity contribution < 1.29 is 9.13 Å². The van der Waals surface area contributed by atoms with Crippen molar-refractivity contribution in [1.29, 1.82) is 0 Å². The number of halogens is 1. The van der Waals surface area contributed by atoms with Crippen molar-refractivity contribution in [3.05, 3.63) is 65.2 Å². The molecule has 0 bridgehead atoms. The number of morpholine rings is 1. The first-order valence-corrected chi connectivity index (χ1v) is 9.81. The molecule has 2 heterocycles. The standard InChI is InChI=1S/C21H23FN4OS/c1-15-12-24(13-16(2)27-15)14-25-21(28)26(19-10-8-18(22)9-11-19)20(23-25)17-6-4-3-5-7-17/h3-11,15-16H,12-14H2,1-2H3/t15-,16+. The first kappa shape index (κ1) is 19.0. The van der Waals surface area contributed by atoms with Gasteiger partial charge in [-0.05, 0) is 50.3 Å². The zero-order valence-corrected chi connectivity index (χ0v) is 16.8. The van der Waals surface area contributed by atoms with Gasteiger partial charge in [0.2, 0.25) is 4.77 Å². The van der Waals surface area contributed by atoms with Crippen LogP contribution in [0.2, 0.25) is 0 Å². The molecule has 4 rings (SSSR count). The van der Waals surface area contributed by atoms with E-state index in [0.717, 1.165) is 30.2 Å². The van der Waals surface area contributed by atoms with E-state index in [1.54, 1.807) is 12.1 Å². The van der Waals surface area contributed by atoms with Gasteiger partial charge in [0.15, 0.2) is 5.82 Å². The molecule has 0 saturated carbocycles. The fraction of sp³-hybridized carbons (Fsp3) is 0.333. The highest BCUT2D eigenvalue weighted by Gasteiger charge is 2.24. The molecule has 0 unspecified atom stereocenters. The van der Waals surface area contributed by atoms with E-state index >= 15 is 0 Å².